The van der Waals surface area contributed by atoms with E-state index in [0.717, 1.165) is 76.9 Å². The number of thioether (sulfide) groups is 1. The second-order valence-electron chi connectivity index (χ2n) is 11.0. The van der Waals surface area contributed by atoms with Crippen LogP contribution in [0.15, 0.2) is 59.8 Å². The van der Waals surface area contributed by atoms with Crippen LogP contribution in [-0.2, 0) is 26.9 Å². The van der Waals surface area contributed by atoms with E-state index in [2.05, 4.69) is 99.2 Å². The van der Waals surface area contributed by atoms with Gasteiger partial charge in [0.05, 0.1) is 16.9 Å². The number of nitrogens with zero attached hydrogens (tertiary/aromatic N) is 7. The van der Waals surface area contributed by atoms with E-state index in [4.69, 9.17) is 0 Å². The van der Waals surface area contributed by atoms with Crippen LogP contribution in [0.3, 0.4) is 0 Å². The molecule has 1 aliphatic heterocycles. The molecule has 41 heavy (non-hydrogen) atoms. The third-order valence-electron chi connectivity index (χ3n) is 8.18. The Morgan fingerprint density at radius 2 is 1.71 bits per heavy atom. The first-order valence-electron chi connectivity index (χ1n) is 14.1. The minimum atomic E-state index is 0. The van der Waals surface area contributed by atoms with Crippen molar-refractivity contribution in [1.29, 1.82) is 0 Å². The van der Waals surface area contributed by atoms with E-state index in [0.29, 0.717) is 6.04 Å². The summed E-state index contributed by atoms with van der Waals surface area (Å²) in [6.45, 7) is 8.64. The van der Waals surface area contributed by atoms with E-state index in [1.165, 1.54) is 22.4 Å². The van der Waals surface area contributed by atoms with E-state index in [9.17, 15) is 0 Å². The molecule has 0 bridgehead atoms. The van der Waals surface area contributed by atoms with Crippen molar-refractivity contribution in [2.75, 3.05) is 18.8 Å². The zero-order chi connectivity index (χ0) is 27.8. The Labute approximate surface area is 252 Å². The second kappa shape index (κ2) is 12.3. The summed E-state index contributed by atoms with van der Waals surface area (Å²) in [5.74, 6) is 1.90. The van der Waals surface area contributed by atoms with Crippen molar-refractivity contribution in [2.24, 2.45) is 14.1 Å². The van der Waals surface area contributed by atoms with Gasteiger partial charge in [0.25, 0.3) is 0 Å². The van der Waals surface area contributed by atoms with Gasteiger partial charge in [0.15, 0.2) is 11.0 Å². The Balaban J connectivity index is 0.00000337. The standard InChI is InChI=1S/C32H37N7S.ClH/c1-21-9-12-27-28(7-6-8-29(27)33-21)31-34-35-32(37(31)4)40-18-15-23(3)39-16-13-24-10-11-26(20-25(24)14-17-39)30-19-22(2)36-38(30)5;/h6-12,19-20,23H,13-18H2,1-5H3;1H. The van der Waals surface area contributed by atoms with E-state index in [1.807, 2.05) is 24.7 Å². The van der Waals surface area contributed by atoms with E-state index < -0.39 is 0 Å². The van der Waals surface area contributed by atoms with Gasteiger partial charge < -0.3 is 4.57 Å². The fourth-order valence-electron chi connectivity index (χ4n) is 5.85. The molecule has 5 aromatic rings. The van der Waals surface area contributed by atoms with Crippen LogP contribution in [0.25, 0.3) is 33.5 Å². The number of hydrogen-bond donors (Lipinski definition) is 0. The topological polar surface area (TPSA) is 64.7 Å². The number of rotatable bonds is 7. The average Bonchev–Trinajstić information content (AvgIpc) is 3.39. The lowest BCUT2D eigenvalue weighted by Gasteiger charge is -2.27. The highest BCUT2D eigenvalue weighted by atomic mass is 35.5. The molecule has 214 valence electrons. The smallest absolute Gasteiger partial charge is 0.191 e. The highest BCUT2D eigenvalue weighted by molar-refractivity contribution is 7.99. The van der Waals surface area contributed by atoms with Crippen LogP contribution < -0.4 is 0 Å². The summed E-state index contributed by atoms with van der Waals surface area (Å²) in [6.07, 6.45) is 3.30. The van der Waals surface area contributed by atoms with Gasteiger partial charge in [0.2, 0.25) is 0 Å². The Hall–Kier alpha value is -3.20. The zero-order valence-corrected chi connectivity index (χ0v) is 26.1. The Morgan fingerprint density at radius 1 is 0.902 bits per heavy atom. The molecule has 0 fully saturated rings. The molecule has 2 aromatic carbocycles. The van der Waals surface area contributed by atoms with Crippen LogP contribution in [-0.4, -0.2) is 59.3 Å². The van der Waals surface area contributed by atoms with Gasteiger partial charge >= 0.3 is 0 Å². The normalized spacial score (nSPS) is 14.5. The minimum absolute atomic E-state index is 0. The maximum Gasteiger partial charge on any atom is 0.191 e. The Kier molecular flexibility index (Phi) is 8.82. The maximum atomic E-state index is 4.68. The van der Waals surface area contributed by atoms with Gasteiger partial charge in [0.1, 0.15) is 0 Å². The molecule has 6 rings (SSSR count). The van der Waals surface area contributed by atoms with Crippen molar-refractivity contribution in [3.63, 3.8) is 0 Å². The quantitative estimate of drug-likeness (QED) is 0.204. The highest BCUT2D eigenvalue weighted by Crippen LogP contribution is 2.30. The number of aryl methyl sites for hydroxylation is 3. The maximum absolute atomic E-state index is 4.68. The van der Waals surface area contributed by atoms with Gasteiger partial charge in [0, 0.05) is 61.2 Å². The molecular formula is C32H38ClN7S. The molecule has 0 aliphatic carbocycles. The lowest BCUT2D eigenvalue weighted by atomic mass is 9.99. The second-order valence-corrected chi connectivity index (χ2v) is 12.1. The lowest BCUT2D eigenvalue weighted by molar-refractivity contribution is 0.215. The summed E-state index contributed by atoms with van der Waals surface area (Å²) in [6, 6.07) is 20.1. The predicted octanol–water partition coefficient (Wildman–Crippen LogP) is 6.44. The molecule has 0 saturated heterocycles. The molecule has 0 saturated carbocycles. The van der Waals surface area contributed by atoms with Gasteiger partial charge in [-0.3, -0.25) is 14.6 Å². The van der Waals surface area contributed by atoms with E-state index >= 15 is 0 Å². The zero-order valence-electron chi connectivity index (χ0n) is 24.5. The largest absolute Gasteiger partial charge is 0.305 e. The van der Waals surface area contributed by atoms with Crippen LogP contribution in [0.4, 0.5) is 0 Å². The van der Waals surface area contributed by atoms with Crippen molar-refractivity contribution in [3.05, 3.63) is 77.1 Å². The SMILES string of the molecule is Cc1ccc2c(-c3nnc(SCCC(C)N4CCc5ccc(-c6cc(C)nn6C)cc5CC4)n3C)cccc2n1.Cl. The fourth-order valence-corrected chi connectivity index (χ4v) is 6.87. The number of pyridine rings is 1. The van der Waals surface area contributed by atoms with Gasteiger partial charge in [-0.15, -0.1) is 22.6 Å². The summed E-state index contributed by atoms with van der Waals surface area (Å²) in [5.41, 5.74) is 9.55. The molecule has 7 nitrogen and oxygen atoms in total. The van der Waals surface area contributed by atoms with Crippen molar-refractivity contribution < 1.29 is 0 Å². The number of halogens is 1. The monoisotopic (exact) mass is 587 g/mol. The highest BCUT2D eigenvalue weighted by Gasteiger charge is 2.20. The van der Waals surface area contributed by atoms with E-state index in [1.54, 1.807) is 11.8 Å². The molecule has 0 radical (unpaired) electrons. The van der Waals surface area contributed by atoms with Gasteiger partial charge in [-0.1, -0.05) is 42.1 Å². The van der Waals surface area contributed by atoms with Crippen molar-refractivity contribution in [1.82, 2.24) is 34.4 Å². The lowest BCUT2D eigenvalue weighted by Crippen LogP contribution is -2.35. The summed E-state index contributed by atoms with van der Waals surface area (Å²) >= 11 is 1.80. The van der Waals surface area contributed by atoms with Gasteiger partial charge in [-0.25, -0.2) is 0 Å². The Morgan fingerprint density at radius 3 is 2.49 bits per heavy atom. The van der Waals surface area contributed by atoms with Crippen LogP contribution in [0.5, 0.6) is 0 Å². The molecule has 3 aromatic heterocycles. The molecule has 4 heterocycles. The first kappa shape index (κ1) is 29.3. The number of hydrogen-bond acceptors (Lipinski definition) is 6. The van der Waals surface area contributed by atoms with Crippen LogP contribution in [0, 0.1) is 13.8 Å². The van der Waals surface area contributed by atoms with Crippen LogP contribution in [0.1, 0.15) is 35.9 Å². The van der Waals surface area contributed by atoms with Crippen molar-refractivity contribution in [3.8, 4) is 22.6 Å². The first-order valence-corrected chi connectivity index (χ1v) is 15.1. The molecule has 0 spiro atoms. The molecule has 1 aliphatic rings. The van der Waals surface area contributed by atoms with Gasteiger partial charge in [-0.2, -0.15) is 5.10 Å². The molecule has 1 atom stereocenters. The molecule has 1 unspecified atom stereocenters. The molecule has 0 N–H and O–H groups in total. The molecule has 0 amide bonds. The van der Waals surface area contributed by atoms with Crippen LogP contribution in [0.2, 0.25) is 0 Å². The predicted molar refractivity (Wildman–Crippen MR) is 171 cm³/mol. The minimum Gasteiger partial charge on any atom is -0.305 e. The number of aromatic nitrogens is 6. The van der Waals surface area contributed by atoms with Crippen molar-refractivity contribution in [2.45, 2.75) is 51.2 Å². The molecule has 9 heteroatoms. The average molecular weight is 588 g/mol. The van der Waals surface area contributed by atoms with Crippen LogP contribution >= 0.6 is 24.2 Å². The first-order chi connectivity index (χ1) is 19.4. The summed E-state index contributed by atoms with van der Waals surface area (Å²) < 4.78 is 4.11. The number of fused-ring (bicyclic) bond motifs is 2. The van der Waals surface area contributed by atoms with E-state index in [-0.39, 0.29) is 12.4 Å². The third-order valence-corrected chi connectivity index (χ3v) is 9.23. The fraction of sp³-hybridized carbons (Fsp3) is 0.375. The Bertz CT molecular complexity index is 1670. The van der Waals surface area contributed by atoms with Gasteiger partial charge in [-0.05, 0) is 75.4 Å². The summed E-state index contributed by atoms with van der Waals surface area (Å²) in [7, 11) is 4.09. The van der Waals surface area contributed by atoms with Crippen molar-refractivity contribution >= 4 is 35.1 Å². The summed E-state index contributed by atoms with van der Waals surface area (Å²) in [4.78, 5) is 7.34. The molecular weight excluding hydrogens is 550 g/mol. The third kappa shape index (κ3) is 6.05. The number of benzene rings is 2. The summed E-state index contributed by atoms with van der Waals surface area (Å²) in [5, 5.41) is 15.7.